The number of nitrogens with one attached hydrogen (secondary N) is 1. The summed E-state index contributed by atoms with van der Waals surface area (Å²) in [5.74, 6) is -0.886. The maximum absolute atomic E-state index is 12.7. The molecule has 1 heterocycles. The van der Waals surface area contributed by atoms with Gasteiger partial charge < -0.3 is 5.32 Å². The molecule has 0 spiro atoms. The zero-order chi connectivity index (χ0) is 13.1. The third kappa shape index (κ3) is 2.94. The third-order valence-corrected chi connectivity index (χ3v) is 2.53. The Kier molecular flexibility index (Phi) is 3.74. The summed E-state index contributed by atoms with van der Waals surface area (Å²) < 4.78 is 12.7. The number of benzene rings is 1. The summed E-state index contributed by atoms with van der Waals surface area (Å²) in [6, 6.07) is 6.62. The molecular weight excluding hydrogens is 280 g/mol. The van der Waals surface area contributed by atoms with Crippen molar-refractivity contribution in [2.24, 2.45) is 0 Å². The molecule has 2 aromatic rings. The van der Waals surface area contributed by atoms with Crippen LogP contribution in [0.4, 0.5) is 10.1 Å². The number of amides is 1. The van der Waals surface area contributed by atoms with Crippen LogP contribution < -0.4 is 5.32 Å². The van der Waals surface area contributed by atoms with Gasteiger partial charge in [-0.1, -0.05) is 23.2 Å². The van der Waals surface area contributed by atoms with Crippen molar-refractivity contribution < 1.29 is 9.18 Å². The molecule has 0 aliphatic heterocycles. The van der Waals surface area contributed by atoms with Gasteiger partial charge in [0.1, 0.15) is 5.82 Å². The Morgan fingerprint density at radius 2 is 1.83 bits per heavy atom. The largest absolute Gasteiger partial charge is 0.322 e. The van der Waals surface area contributed by atoms with E-state index in [1.807, 2.05) is 0 Å². The molecule has 0 fully saturated rings. The maximum atomic E-state index is 12.7. The molecule has 0 saturated carbocycles. The van der Waals surface area contributed by atoms with Crippen LogP contribution in [0, 0.1) is 5.82 Å². The van der Waals surface area contributed by atoms with Crippen LogP contribution in [-0.2, 0) is 0 Å². The number of anilines is 1. The van der Waals surface area contributed by atoms with Crippen LogP contribution in [0.2, 0.25) is 10.3 Å². The average Bonchev–Trinajstić information content (AvgIpc) is 2.35. The van der Waals surface area contributed by atoms with Crippen LogP contribution in [0.3, 0.4) is 0 Å². The monoisotopic (exact) mass is 285 g/mol. The fraction of sp³-hybridized carbons (Fsp3) is 0. The van der Waals surface area contributed by atoms with Gasteiger partial charge in [0.25, 0.3) is 5.91 Å². The molecule has 0 bridgehead atoms. The molecule has 1 aromatic heterocycles. The molecule has 4 nitrogen and oxygen atoms in total. The minimum atomic E-state index is -0.497. The van der Waals surface area contributed by atoms with Crippen molar-refractivity contribution in [1.82, 2.24) is 10.2 Å². The van der Waals surface area contributed by atoms with Crippen molar-refractivity contribution in [1.29, 1.82) is 0 Å². The third-order valence-electron chi connectivity index (χ3n) is 2.07. The van der Waals surface area contributed by atoms with E-state index in [0.717, 1.165) is 0 Å². The first-order valence-corrected chi connectivity index (χ1v) is 5.57. The molecule has 7 heteroatoms. The van der Waals surface area contributed by atoms with Gasteiger partial charge in [-0.05, 0) is 30.3 Å². The highest BCUT2D eigenvalue weighted by molar-refractivity contribution is 6.34. The Bertz CT molecular complexity index is 589. The Labute approximate surface area is 112 Å². The molecule has 0 aliphatic rings. The standard InChI is InChI=1S/C11H6Cl2FN3O/c12-9-5-8(10(13)17-16-9)11(18)15-7-3-1-6(14)2-4-7/h1-5H,(H,15,18). The lowest BCUT2D eigenvalue weighted by Gasteiger charge is -2.05. The molecule has 92 valence electrons. The molecule has 0 saturated heterocycles. The summed E-state index contributed by atoms with van der Waals surface area (Å²) in [6.45, 7) is 0. The van der Waals surface area contributed by atoms with Gasteiger partial charge in [0.2, 0.25) is 0 Å². The highest BCUT2D eigenvalue weighted by atomic mass is 35.5. The van der Waals surface area contributed by atoms with Crippen LogP contribution >= 0.6 is 23.2 Å². The van der Waals surface area contributed by atoms with Gasteiger partial charge in [0.15, 0.2) is 10.3 Å². The molecular formula is C11H6Cl2FN3O. The van der Waals surface area contributed by atoms with Crippen molar-refractivity contribution in [3.05, 3.63) is 52.0 Å². The molecule has 18 heavy (non-hydrogen) atoms. The summed E-state index contributed by atoms with van der Waals surface area (Å²) in [5.41, 5.74) is 0.534. The summed E-state index contributed by atoms with van der Waals surface area (Å²) in [4.78, 5) is 11.9. The van der Waals surface area contributed by atoms with Gasteiger partial charge in [-0.15, -0.1) is 10.2 Å². The lowest BCUT2D eigenvalue weighted by molar-refractivity contribution is 0.102. The number of halogens is 3. The van der Waals surface area contributed by atoms with Gasteiger partial charge in [-0.25, -0.2) is 4.39 Å². The van der Waals surface area contributed by atoms with Gasteiger partial charge in [0, 0.05) is 5.69 Å². The predicted molar refractivity (Wildman–Crippen MR) is 66.4 cm³/mol. The molecule has 0 radical (unpaired) electrons. The lowest BCUT2D eigenvalue weighted by atomic mass is 10.2. The normalized spacial score (nSPS) is 10.2. The number of hydrogen-bond donors (Lipinski definition) is 1. The van der Waals surface area contributed by atoms with Crippen molar-refractivity contribution in [3.63, 3.8) is 0 Å². The number of carbonyl (C=O) groups is 1. The molecule has 2 rings (SSSR count). The number of nitrogens with zero attached hydrogens (tertiary/aromatic N) is 2. The van der Waals surface area contributed by atoms with Crippen LogP contribution in [0.15, 0.2) is 30.3 Å². The number of rotatable bonds is 2. The van der Waals surface area contributed by atoms with Gasteiger partial charge in [0.05, 0.1) is 5.56 Å². The van der Waals surface area contributed by atoms with E-state index in [1.54, 1.807) is 0 Å². The first-order chi connectivity index (χ1) is 8.56. The first kappa shape index (κ1) is 12.7. The fourth-order valence-electron chi connectivity index (χ4n) is 1.24. The Morgan fingerprint density at radius 1 is 1.17 bits per heavy atom. The minimum Gasteiger partial charge on any atom is -0.322 e. The fourth-order valence-corrected chi connectivity index (χ4v) is 1.57. The quantitative estimate of drug-likeness (QED) is 0.922. The van der Waals surface area contributed by atoms with Crippen molar-refractivity contribution in [3.8, 4) is 0 Å². The Morgan fingerprint density at radius 3 is 2.50 bits per heavy atom. The molecule has 0 unspecified atom stereocenters. The highest BCUT2D eigenvalue weighted by Crippen LogP contribution is 2.17. The van der Waals surface area contributed by atoms with Crippen molar-refractivity contribution in [2.75, 3.05) is 5.32 Å². The second-order valence-electron chi connectivity index (χ2n) is 3.33. The summed E-state index contributed by atoms with van der Waals surface area (Å²) in [5, 5.41) is 9.55. The Balaban J connectivity index is 2.21. The molecule has 0 atom stereocenters. The van der Waals surface area contributed by atoms with E-state index in [1.165, 1.54) is 30.3 Å². The first-order valence-electron chi connectivity index (χ1n) is 4.82. The van der Waals surface area contributed by atoms with Gasteiger partial charge in [-0.3, -0.25) is 4.79 Å². The van der Waals surface area contributed by atoms with Crippen LogP contribution in [0.25, 0.3) is 0 Å². The second kappa shape index (κ2) is 5.29. The molecule has 1 amide bonds. The van der Waals surface area contributed by atoms with E-state index in [0.29, 0.717) is 5.69 Å². The number of carbonyl (C=O) groups excluding carboxylic acids is 1. The van der Waals surface area contributed by atoms with E-state index in [-0.39, 0.29) is 21.7 Å². The van der Waals surface area contributed by atoms with E-state index < -0.39 is 5.91 Å². The Hall–Kier alpha value is -1.72. The van der Waals surface area contributed by atoms with Gasteiger partial charge in [-0.2, -0.15) is 0 Å². The van der Waals surface area contributed by atoms with E-state index in [9.17, 15) is 9.18 Å². The summed E-state index contributed by atoms with van der Waals surface area (Å²) in [7, 11) is 0. The highest BCUT2D eigenvalue weighted by Gasteiger charge is 2.13. The van der Waals surface area contributed by atoms with Crippen molar-refractivity contribution in [2.45, 2.75) is 0 Å². The molecule has 1 aromatic carbocycles. The van der Waals surface area contributed by atoms with Crippen LogP contribution in [-0.4, -0.2) is 16.1 Å². The summed E-state index contributed by atoms with van der Waals surface area (Å²) in [6.07, 6.45) is 0. The predicted octanol–water partition coefficient (Wildman–Crippen LogP) is 3.17. The molecule has 0 aliphatic carbocycles. The SMILES string of the molecule is O=C(Nc1ccc(F)cc1)c1cc(Cl)nnc1Cl. The molecule has 1 N–H and O–H groups in total. The zero-order valence-corrected chi connectivity index (χ0v) is 10.3. The summed E-state index contributed by atoms with van der Waals surface area (Å²) >= 11 is 11.4. The average molecular weight is 286 g/mol. The second-order valence-corrected chi connectivity index (χ2v) is 4.08. The van der Waals surface area contributed by atoms with Gasteiger partial charge >= 0.3 is 0 Å². The van der Waals surface area contributed by atoms with Crippen LogP contribution in [0.1, 0.15) is 10.4 Å². The van der Waals surface area contributed by atoms with Crippen molar-refractivity contribution >= 4 is 34.8 Å². The number of hydrogen-bond acceptors (Lipinski definition) is 3. The maximum Gasteiger partial charge on any atom is 0.258 e. The minimum absolute atomic E-state index is 0.0565. The smallest absolute Gasteiger partial charge is 0.258 e. The zero-order valence-electron chi connectivity index (χ0n) is 8.82. The lowest BCUT2D eigenvalue weighted by Crippen LogP contribution is -2.13. The van der Waals surface area contributed by atoms with Crippen LogP contribution in [0.5, 0.6) is 0 Å². The topological polar surface area (TPSA) is 54.9 Å². The van der Waals surface area contributed by atoms with E-state index in [2.05, 4.69) is 15.5 Å². The number of aromatic nitrogens is 2. The van der Waals surface area contributed by atoms with E-state index in [4.69, 9.17) is 23.2 Å². The van der Waals surface area contributed by atoms with E-state index >= 15 is 0 Å².